The Morgan fingerprint density at radius 1 is 1.44 bits per heavy atom. The fourth-order valence-electron chi connectivity index (χ4n) is 1.49. The number of aliphatic hydroxyl groups excluding tert-OH is 2. The van der Waals surface area contributed by atoms with Gasteiger partial charge in [-0.1, -0.05) is 22.9 Å². The number of carbonyl (C=O) groups is 1. The maximum atomic E-state index is 12.0. The molecule has 0 bridgehead atoms. The second-order valence-corrected chi connectivity index (χ2v) is 5.05. The van der Waals surface area contributed by atoms with Gasteiger partial charge in [0.15, 0.2) is 0 Å². The zero-order chi connectivity index (χ0) is 13.8. The molecule has 0 unspecified atom stereocenters. The quantitative estimate of drug-likeness (QED) is 0.607. The molecule has 0 radical (unpaired) electrons. The summed E-state index contributed by atoms with van der Waals surface area (Å²) in [5.41, 5.74) is 5.39. The Labute approximate surface area is 114 Å². The summed E-state index contributed by atoms with van der Waals surface area (Å²) in [5.74, 6) is -0.412. The second-order valence-electron chi connectivity index (χ2n) is 4.14. The number of anilines is 1. The van der Waals surface area contributed by atoms with Crippen molar-refractivity contribution in [3.63, 3.8) is 0 Å². The van der Waals surface area contributed by atoms with Crippen LogP contribution in [0.2, 0.25) is 0 Å². The molecule has 100 valence electrons. The van der Waals surface area contributed by atoms with Crippen molar-refractivity contribution in [3.05, 3.63) is 28.2 Å². The van der Waals surface area contributed by atoms with Crippen molar-refractivity contribution in [3.8, 4) is 0 Å². The van der Waals surface area contributed by atoms with Gasteiger partial charge in [-0.2, -0.15) is 0 Å². The number of hydrogen-bond acceptors (Lipinski definition) is 4. The lowest BCUT2D eigenvalue weighted by Gasteiger charge is -2.29. The predicted octanol–water partition coefficient (Wildman–Crippen LogP) is 0.895. The van der Waals surface area contributed by atoms with Crippen LogP contribution in [0.5, 0.6) is 0 Å². The van der Waals surface area contributed by atoms with Crippen LogP contribution in [0.4, 0.5) is 5.69 Å². The molecule has 0 saturated heterocycles. The molecule has 18 heavy (non-hydrogen) atoms. The number of carbonyl (C=O) groups excluding carboxylic acids is 1. The van der Waals surface area contributed by atoms with Gasteiger partial charge in [0.2, 0.25) is 0 Å². The summed E-state index contributed by atoms with van der Waals surface area (Å²) in [4.78, 5) is 12.0. The molecule has 1 aromatic carbocycles. The van der Waals surface area contributed by atoms with Crippen molar-refractivity contribution in [2.75, 3.05) is 18.9 Å². The fourth-order valence-corrected chi connectivity index (χ4v) is 1.87. The van der Waals surface area contributed by atoms with E-state index in [0.29, 0.717) is 17.7 Å². The lowest BCUT2D eigenvalue weighted by molar-refractivity contribution is 0.0653. The van der Waals surface area contributed by atoms with Gasteiger partial charge in [-0.05, 0) is 24.6 Å². The number of hydrogen-bond donors (Lipinski definition) is 4. The minimum absolute atomic E-state index is 0.318. The Morgan fingerprint density at radius 2 is 2.06 bits per heavy atom. The third kappa shape index (κ3) is 3.22. The van der Waals surface area contributed by atoms with Gasteiger partial charge in [-0.3, -0.25) is 4.79 Å². The van der Waals surface area contributed by atoms with Gasteiger partial charge in [0.05, 0.1) is 24.3 Å². The van der Waals surface area contributed by atoms with E-state index >= 15 is 0 Å². The summed E-state index contributed by atoms with van der Waals surface area (Å²) in [7, 11) is 0. The first-order valence-electron chi connectivity index (χ1n) is 5.57. The molecule has 5 nitrogen and oxygen atoms in total. The Bertz CT molecular complexity index is 425. The molecule has 0 saturated carbocycles. The van der Waals surface area contributed by atoms with Crippen LogP contribution >= 0.6 is 15.9 Å². The highest BCUT2D eigenvalue weighted by molar-refractivity contribution is 9.10. The average Bonchev–Trinajstić information content (AvgIpc) is 2.36. The summed E-state index contributed by atoms with van der Waals surface area (Å²) in [5, 5.41) is 21.2. The van der Waals surface area contributed by atoms with Crippen LogP contribution in [0.3, 0.4) is 0 Å². The van der Waals surface area contributed by atoms with E-state index in [9.17, 15) is 15.0 Å². The van der Waals surface area contributed by atoms with E-state index in [-0.39, 0.29) is 13.2 Å². The number of nitrogen functional groups attached to an aromatic ring is 1. The second kappa shape index (κ2) is 6.17. The standard InChI is InChI=1S/C12H17BrN2O3/c1-2-12(6-16,7-17)15-11(18)9-4-3-8(13)5-10(9)14/h3-5,16-17H,2,6-7,14H2,1H3,(H,15,18). The summed E-state index contributed by atoms with van der Waals surface area (Å²) in [6, 6.07) is 4.92. The SMILES string of the molecule is CCC(CO)(CO)NC(=O)c1ccc(Br)cc1N. The van der Waals surface area contributed by atoms with Crippen molar-refractivity contribution in [2.45, 2.75) is 18.9 Å². The summed E-state index contributed by atoms with van der Waals surface area (Å²) in [6.45, 7) is 1.11. The highest BCUT2D eigenvalue weighted by Gasteiger charge is 2.29. The van der Waals surface area contributed by atoms with E-state index in [1.165, 1.54) is 0 Å². The topological polar surface area (TPSA) is 95.6 Å². The molecule has 0 atom stereocenters. The number of halogens is 1. The molecule has 0 aliphatic carbocycles. The number of amides is 1. The Kier molecular flexibility index (Phi) is 5.13. The predicted molar refractivity (Wildman–Crippen MR) is 73.2 cm³/mol. The molecule has 5 N–H and O–H groups in total. The monoisotopic (exact) mass is 316 g/mol. The molecule has 1 aromatic rings. The maximum Gasteiger partial charge on any atom is 0.253 e. The fraction of sp³-hybridized carbons (Fsp3) is 0.417. The summed E-state index contributed by atoms with van der Waals surface area (Å²) >= 11 is 3.26. The highest BCUT2D eigenvalue weighted by Crippen LogP contribution is 2.19. The van der Waals surface area contributed by atoms with Crippen LogP contribution in [0.1, 0.15) is 23.7 Å². The molecule has 0 aliphatic heterocycles. The van der Waals surface area contributed by atoms with Crippen molar-refractivity contribution in [1.82, 2.24) is 5.32 Å². The van der Waals surface area contributed by atoms with Crippen molar-refractivity contribution < 1.29 is 15.0 Å². The van der Waals surface area contributed by atoms with Crippen molar-refractivity contribution in [1.29, 1.82) is 0 Å². The summed E-state index contributed by atoms with van der Waals surface area (Å²) < 4.78 is 0.780. The molecule has 0 aromatic heterocycles. The van der Waals surface area contributed by atoms with Gasteiger partial charge in [-0.15, -0.1) is 0 Å². The van der Waals surface area contributed by atoms with E-state index in [4.69, 9.17) is 5.73 Å². The maximum absolute atomic E-state index is 12.0. The largest absolute Gasteiger partial charge is 0.398 e. The van der Waals surface area contributed by atoms with E-state index in [1.807, 2.05) is 0 Å². The highest BCUT2D eigenvalue weighted by atomic mass is 79.9. The van der Waals surface area contributed by atoms with Crippen molar-refractivity contribution in [2.24, 2.45) is 0 Å². The van der Waals surface area contributed by atoms with Gasteiger partial charge >= 0.3 is 0 Å². The molecule has 0 heterocycles. The third-order valence-electron chi connectivity index (χ3n) is 2.92. The van der Waals surface area contributed by atoms with E-state index < -0.39 is 11.4 Å². The first-order valence-corrected chi connectivity index (χ1v) is 6.36. The van der Waals surface area contributed by atoms with Crippen molar-refractivity contribution >= 4 is 27.5 Å². The van der Waals surface area contributed by atoms with Crippen LogP contribution < -0.4 is 11.1 Å². The molecule has 6 heteroatoms. The third-order valence-corrected chi connectivity index (χ3v) is 3.41. The minimum atomic E-state index is -1.02. The molecule has 1 rings (SSSR count). The van der Waals surface area contributed by atoms with Gasteiger partial charge in [0.25, 0.3) is 5.91 Å². The molecular formula is C12H17BrN2O3. The van der Waals surface area contributed by atoms with Gasteiger partial charge < -0.3 is 21.3 Å². The number of nitrogens with one attached hydrogen (secondary N) is 1. The number of aliphatic hydroxyl groups is 2. The number of rotatable bonds is 5. The number of nitrogens with two attached hydrogens (primary N) is 1. The zero-order valence-electron chi connectivity index (χ0n) is 10.1. The lowest BCUT2D eigenvalue weighted by atomic mass is 9.97. The number of benzene rings is 1. The van der Waals surface area contributed by atoms with Crippen LogP contribution in [0.15, 0.2) is 22.7 Å². The smallest absolute Gasteiger partial charge is 0.253 e. The Morgan fingerprint density at radius 3 is 2.50 bits per heavy atom. The normalized spacial score (nSPS) is 11.3. The lowest BCUT2D eigenvalue weighted by Crippen LogP contribution is -2.53. The zero-order valence-corrected chi connectivity index (χ0v) is 11.7. The van der Waals surface area contributed by atoms with E-state index in [0.717, 1.165) is 4.47 Å². The van der Waals surface area contributed by atoms with Gasteiger partial charge in [-0.25, -0.2) is 0 Å². The molecular weight excluding hydrogens is 300 g/mol. The molecule has 1 amide bonds. The van der Waals surface area contributed by atoms with Gasteiger partial charge in [0.1, 0.15) is 0 Å². The van der Waals surface area contributed by atoms with Crippen LogP contribution in [0, 0.1) is 0 Å². The Balaban J connectivity index is 2.94. The average molecular weight is 317 g/mol. The first kappa shape index (κ1) is 14.9. The van der Waals surface area contributed by atoms with Crippen LogP contribution in [-0.4, -0.2) is 34.9 Å². The van der Waals surface area contributed by atoms with Crippen LogP contribution in [-0.2, 0) is 0 Å². The first-order chi connectivity index (χ1) is 8.48. The minimum Gasteiger partial charge on any atom is -0.398 e. The van der Waals surface area contributed by atoms with Crippen LogP contribution in [0.25, 0.3) is 0 Å². The molecule has 0 fully saturated rings. The molecule has 0 spiro atoms. The van der Waals surface area contributed by atoms with E-state index in [2.05, 4.69) is 21.2 Å². The summed E-state index contributed by atoms with van der Waals surface area (Å²) in [6.07, 6.45) is 0.419. The molecule has 0 aliphatic rings. The van der Waals surface area contributed by atoms with Gasteiger partial charge in [0, 0.05) is 10.2 Å². The Hall–Kier alpha value is -1.11. The van der Waals surface area contributed by atoms with E-state index in [1.54, 1.807) is 25.1 Å².